The van der Waals surface area contributed by atoms with Crippen LogP contribution in [0.15, 0.2) is 55.6 Å². The predicted molar refractivity (Wildman–Crippen MR) is 146 cm³/mol. The second-order valence-electron chi connectivity index (χ2n) is 7.79. The number of carbonyl (C=O) groups is 3. The van der Waals surface area contributed by atoms with Crippen LogP contribution in [0.3, 0.4) is 0 Å². The van der Waals surface area contributed by atoms with Crippen molar-refractivity contribution in [3.05, 3.63) is 61.7 Å². The van der Waals surface area contributed by atoms with E-state index in [0.29, 0.717) is 34.9 Å². The van der Waals surface area contributed by atoms with Crippen molar-refractivity contribution in [3.8, 4) is 17.2 Å². The summed E-state index contributed by atoms with van der Waals surface area (Å²) in [5.41, 5.74) is 4.26. The van der Waals surface area contributed by atoms with Crippen molar-refractivity contribution in [2.24, 2.45) is 5.10 Å². The molecule has 2 aromatic rings. The molecule has 202 valence electrons. The van der Waals surface area contributed by atoms with Gasteiger partial charge in [-0.3, -0.25) is 4.79 Å². The fourth-order valence-corrected chi connectivity index (χ4v) is 5.00. The summed E-state index contributed by atoms with van der Waals surface area (Å²) < 4.78 is 23.1. The van der Waals surface area contributed by atoms with Crippen molar-refractivity contribution in [2.75, 3.05) is 27.4 Å². The Morgan fingerprint density at radius 1 is 1.13 bits per heavy atom. The highest BCUT2D eigenvalue weighted by Gasteiger charge is 2.32. The normalized spacial score (nSPS) is 15.0. The zero-order valence-electron chi connectivity index (χ0n) is 21.0. The number of urea groups is 1. The molecular weight excluding hydrogens is 628 g/mol. The second-order valence-corrected chi connectivity index (χ2v) is 9.56. The number of ether oxygens (including phenoxy) is 4. The van der Waals surface area contributed by atoms with Crippen molar-refractivity contribution in [3.63, 3.8) is 0 Å². The summed E-state index contributed by atoms with van der Waals surface area (Å²) in [4.78, 5) is 36.7. The number of hydrogen-bond acceptors (Lipinski definition) is 8. The molecule has 3 amide bonds. The molecule has 1 aliphatic heterocycles. The Balaban J connectivity index is 1.70. The number of benzene rings is 2. The lowest BCUT2D eigenvalue weighted by atomic mass is 9.95. The molecule has 38 heavy (non-hydrogen) atoms. The first-order valence-electron chi connectivity index (χ1n) is 11.3. The zero-order valence-corrected chi connectivity index (χ0v) is 24.2. The van der Waals surface area contributed by atoms with E-state index in [-0.39, 0.29) is 17.9 Å². The van der Waals surface area contributed by atoms with Crippen LogP contribution in [0.25, 0.3) is 0 Å². The average molecular weight is 654 g/mol. The van der Waals surface area contributed by atoms with Gasteiger partial charge in [0.05, 0.1) is 43.1 Å². The third kappa shape index (κ3) is 7.04. The van der Waals surface area contributed by atoms with Gasteiger partial charge in [-0.1, -0.05) is 22.0 Å². The molecule has 11 nitrogen and oxygen atoms in total. The monoisotopic (exact) mass is 652 g/mol. The number of esters is 1. The van der Waals surface area contributed by atoms with Crippen molar-refractivity contribution >= 4 is 56.0 Å². The van der Waals surface area contributed by atoms with Gasteiger partial charge in [-0.25, -0.2) is 15.0 Å². The lowest BCUT2D eigenvalue weighted by molar-refractivity contribution is -0.136. The Hall–Kier alpha value is -3.58. The number of nitrogens with zero attached hydrogens (tertiary/aromatic N) is 1. The van der Waals surface area contributed by atoms with Crippen LogP contribution in [0.1, 0.15) is 31.0 Å². The maximum absolute atomic E-state index is 12.3. The van der Waals surface area contributed by atoms with Gasteiger partial charge < -0.3 is 29.6 Å². The minimum Gasteiger partial charge on any atom is -0.493 e. The highest BCUT2D eigenvalue weighted by Crippen LogP contribution is 2.35. The van der Waals surface area contributed by atoms with Crippen molar-refractivity contribution in [1.82, 2.24) is 16.1 Å². The topological polar surface area (TPSA) is 137 Å². The molecule has 0 bridgehead atoms. The fraction of sp³-hybridized carbons (Fsp3) is 0.280. The Bertz CT molecular complexity index is 1300. The van der Waals surface area contributed by atoms with Gasteiger partial charge in [-0.2, -0.15) is 5.10 Å². The summed E-state index contributed by atoms with van der Waals surface area (Å²) in [5, 5.41) is 9.26. The van der Waals surface area contributed by atoms with Crippen LogP contribution in [0.4, 0.5) is 4.79 Å². The summed E-state index contributed by atoms with van der Waals surface area (Å²) in [5.74, 6) is 0.0936. The van der Waals surface area contributed by atoms with Gasteiger partial charge in [-0.15, -0.1) is 0 Å². The van der Waals surface area contributed by atoms with E-state index in [1.54, 1.807) is 31.2 Å². The Morgan fingerprint density at radius 3 is 2.58 bits per heavy atom. The van der Waals surface area contributed by atoms with Gasteiger partial charge >= 0.3 is 12.0 Å². The molecule has 0 spiro atoms. The van der Waals surface area contributed by atoms with E-state index in [0.717, 1.165) is 8.95 Å². The van der Waals surface area contributed by atoms with E-state index in [1.165, 1.54) is 20.4 Å². The van der Waals surface area contributed by atoms with Crippen LogP contribution in [-0.4, -0.2) is 51.6 Å². The first kappa shape index (κ1) is 29.0. The summed E-state index contributed by atoms with van der Waals surface area (Å²) in [7, 11) is 2.70. The van der Waals surface area contributed by atoms with E-state index in [9.17, 15) is 14.4 Å². The van der Waals surface area contributed by atoms with Gasteiger partial charge in [-0.05, 0) is 59.6 Å². The van der Waals surface area contributed by atoms with Gasteiger partial charge in [0.1, 0.15) is 5.75 Å². The number of carbonyl (C=O) groups excluding carboxylic acids is 3. The van der Waals surface area contributed by atoms with Crippen molar-refractivity contribution < 1.29 is 33.3 Å². The average Bonchev–Trinajstić information content (AvgIpc) is 2.88. The minimum absolute atomic E-state index is 0.255. The molecule has 0 saturated heterocycles. The number of rotatable bonds is 10. The van der Waals surface area contributed by atoms with Gasteiger partial charge in [0.15, 0.2) is 18.1 Å². The van der Waals surface area contributed by atoms with Crippen LogP contribution in [-0.2, 0) is 14.3 Å². The third-order valence-electron chi connectivity index (χ3n) is 5.27. The summed E-state index contributed by atoms with van der Waals surface area (Å²) in [6.07, 6.45) is 1.47. The molecule has 0 radical (unpaired) electrons. The van der Waals surface area contributed by atoms with Crippen LogP contribution >= 0.6 is 31.9 Å². The molecule has 13 heteroatoms. The largest absolute Gasteiger partial charge is 0.493 e. The minimum atomic E-state index is -0.767. The van der Waals surface area contributed by atoms with E-state index < -0.39 is 23.9 Å². The molecule has 0 saturated carbocycles. The van der Waals surface area contributed by atoms with E-state index in [2.05, 4.69) is 53.0 Å². The SMILES string of the molecule is CCOc1c(Br)cc(Br)cc1/C=N\NC(=O)COc1ccc([C@@H]2NC(=O)NC(C)=C2C(=O)OC)cc1OC. The maximum Gasteiger partial charge on any atom is 0.337 e. The number of hydrogen-bond donors (Lipinski definition) is 3. The molecule has 1 aliphatic rings. The number of methoxy groups -OCH3 is 2. The van der Waals surface area contributed by atoms with Gasteiger partial charge in [0, 0.05) is 15.7 Å². The number of amides is 3. The number of nitrogens with one attached hydrogen (secondary N) is 3. The number of hydrazone groups is 1. The molecule has 0 aliphatic carbocycles. The Labute approximate surface area is 236 Å². The van der Waals surface area contributed by atoms with Gasteiger partial charge in [0.2, 0.25) is 0 Å². The smallest absolute Gasteiger partial charge is 0.337 e. The van der Waals surface area contributed by atoms with Crippen molar-refractivity contribution in [2.45, 2.75) is 19.9 Å². The zero-order chi connectivity index (χ0) is 27.8. The summed E-state index contributed by atoms with van der Waals surface area (Å²) in [6, 6.07) is 7.27. The van der Waals surface area contributed by atoms with Crippen LogP contribution < -0.4 is 30.3 Å². The molecule has 0 unspecified atom stereocenters. The molecular formula is C25H26Br2N4O7. The van der Waals surface area contributed by atoms with Crippen LogP contribution in [0.5, 0.6) is 17.2 Å². The van der Waals surface area contributed by atoms with Crippen molar-refractivity contribution in [1.29, 1.82) is 0 Å². The lowest BCUT2D eigenvalue weighted by Crippen LogP contribution is -2.45. The molecule has 3 rings (SSSR count). The highest BCUT2D eigenvalue weighted by molar-refractivity contribution is 9.11. The molecule has 3 N–H and O–H groups in total. The molecule has 2 aromatic carbocycles. The van der Waals surface area contributed by atoms with E-state index in [4.69, 9.17) is 18.9 Å². The first-order chi connectivity index (χ1) is 18.2. The maximum atomic E-state index is 12.3. The summed E-state index contributed by atoms with van der Waals surface area (Å²) >= 11 is 6.87. The Morgan fingerprint density at radius 2 is 1.89 bits per heavy atom. The van der Waals surface area contributed by atoms with E-state index in [1.807, 2.05) is 13.0 Å². The lowest BCUT2D eigenvalue weighted by Gasteiger charge is -2.28. The van der Waals surface area contributed by atoms with Crippen LogP contribution in [0, 0.1) is 0 Å². The summed E-state index contributed by atoms with van der Waals surface area (Å²) in [6.45, 7) is 3.60. The molecule has 1 atom stereocenters. The first-order valence-corrected chi connectivity index (χ1v) is 12.9. The van der Waals surface area contributed by atoms with E-state index >= 15 is 0 Å². The molecule has 1 heterocycles. The Kier molecular flexibility index (Phi) is 10.1. The third-order valence-corrected chi connectivity index (χ3v) is 6.32. The number of halogens is 2. The standard InChI is InChI=1S/C25H26Br2N4O7/c1-5-37-23-15(8-16(26)10-17(23)27)11-28-31-20(32)12-38-18-7-6-14(9-19(18)35-3)22-21(24(33)36-4)13(2)29-25(34)30-22/h6-11,22H,5,12H2,1-4H3,(H,31,32)(H2,29,30,34)/b28-11-/t22-/m0/s1. The molecule has 0 fully saturated rings. The van der Waals surface area contributed by atoms with Gasteiger partial charge in [0.25, 0.3) is 5.91 Å². The molecule has 0 aromatic heterocycles. The quantitative estimate of drug-likeness (QED) is 0.201. The highest BCUT2D eigenvalue weighted by atomic mass is 79.9. The second kappa shape index (κ2) is 13.3. The number of allylic oxidation sites excluding steroid dienone is 1. The predicted octanol–water partition coefficient (Wildman–Crippen LogP) is 3.95. The van der Waals surface area contributed by atoms with Crippen LogP contribution in [0.2, 0.25) is 0 Å². The fourth-order valence-electron chi connectivity index (χ4n) is 3.63.